The SMILES string of the molecule is Cn1cccc1C(=O)CN1CCN(Cc2ccc3c(c2)OCO3)CC1. The van der Waals surface area contributed by atoms with Crippen molar-refractivity contribution in [3.8, 4) is 11.5 Å². The number of ether oxygens (including phenoxy) is 2. The highest BCUT2D eigenvalue weighted by Gasteiger charge is 2.21. The van der Waals surface area contributed by atoms with E-state index < -0.39 is 0 Å². The van der Waals surface area contributed by atoms with Crippen molar-refractivity contribution < 1.29 is 14.3 Å². The maximum atomic E-state index is 12.4. The molecule has 0 radical (unpaired) electrons. The van der Waals surface area contributed by atoms with Crippen LogP contribution in [0.1, 0.15) is 16.1 Å². The van der Waals surface area contributed by atoms with E-state index in [1.54, 1.807) is 0 Å². The van der Waals surface area contributed by atoms with Crippen LogP contribution in [0.4, 0.5) is 0 Å². The molecule has 2 aliphatic heterocycles. The standard InChI is InChI=1S/C19H23N3O3/c1-20-6-2-3-16(20)17(23)13-22-9-7-21(8-10-22)12-15-4-5-18-19(11-15)25-14-24-18/h2-6,11H,7-10,12-14H2,1H3. The van der Waals surface area contributed by atoms with Crippen molar-refractivity contribution in [3.05, 3.63) is 47.8 Å². The first-order valence-electron chi connectivity index (χ1n) is 8.67. The molecule has 1 fully saturated rings. The van der Waals surface area contributed by atoms with Crippen LogP contribution in [-0.4, -0.2) is 59.7 Å². The lowest BCUT2D eigenvalue weighted by molar-refractivity contribution is 0.0836. The Bertz CT molecular complexity index is 763. The van der Waals surface area contributed by atoms with Crippen LogP contribution in [0.3, 0.4) is 0 Å². The lowest BCUT2D eigenvalue weighted by atomic mass is 10.1. The van der Waals surface area contributed by atoms with Crippen LogP contribution in [-0.2, 0) is 13.6 Å². The van der Waals surface area contributed by atoms with E-state index in [0.29, 0.717) is 13.3 Å². The molecule has 132 valence electrons. The van der Waals surface area contributed by atoms with Gasteiger partial charge in [0.05, 0.1) is 12.2 Å². The lowest BCUT2D eigenvalue weighted by Gasteiger charge is -2.34. The third-order valence-corrected chi connectivity index (χ3v) is 4.90. The Kier molecular flexibility index (Phi) is 4.46. The monoisotopic (exact) mass is 341 g/mol. The topological polar surface area (TPSA) is 46.9 Å². The molecule has 2 aromatic rings. The van der Waals surface area contributed by atoms with Gasteiger partial charge in [0.1, 0.15) is 0 Å². The Balaban J connectivity index is 1.28. The van der Waals surface area contributed by atoms with E-state index in [9.17, 15) is 4.79 Å². The number of nitrogens with zero attached hydrogens (tertiary/aromatic N) is 3. The minimum Gasteiger partial charge on any atom is -0.454 e. The number of aromatic nitrogens is 1. The zero-order valence-corrected chi connectivity index (χ0v) is 14.5. The molecular weight excluding hydrogens is 318 g/mol. The van der Waals surface area contributed by atoms with Crippen molar-refractivity contribution in [3.63, 3.8) is 0 Å². The smallest absolute Gasteiger partial charge is 0.231 e. The van der Waals surface area contributed by atoms with Crippen molar-refractivity contribution >= 4 is 5.78 Å². The quantitative estimate of drug-likeness (QED) is 0.776. The summed E-state index contributed by atoms with van der Waals surface area (Å²) in [6.07, 6.45) is 1.91. The summed E-state index contributed by atoms with van der Waals surface area (Å²) in [5, 5.41) is 0. The average Bonchev–Trinajstić information content (AvgIpc) is 3.25. The minimum atomic E-state index is 0.191. The Morgan fingerprint density at radius 3 is 2.56 bits per heavy atom. The molecule has 1 aromatic heterocycles. The van der Waals surface area contributed by atoms with Crippen molar-refractivity contribution in [1.82, 2.24) is 14.4 Å². The van der Waals surface area contributed by atoms with Crippen LogP contribution >= 0.6 is 0 Å². The van der Waals surface area contributed by atoms with Crippen LogP contribution in [0.5, 0.6) is 11.5 Å². The second-order valence-corrected chi connectivity index (χ2v) is 6.67. The van der Waals surface area contributed by atoms with Crippen molar-refractivity contribution in [1.29, 1.82) is 0 Å². The third-order valence-electron chi connectivity index (χ3n) is 4.90. The largest absolute Gasteiger partial charge is 0.454 e. The van der Waals surface area contributed by atoms with Gasteiger partial charge < -0.3 is 14.0 Å². The number of hydrogen-bond donors (Lipinski definition) is 0. The molecule has 6 nitrogen and oxygen atoms in total. The van der Waals surface area contributed by atoms with Crippen LogP contribution in [0.2, 0.25) is 0 Å². The predicted molar refractivity (Wildman–Crippen MR) is 94.0 cm³/mol. The first kappa shape index (κ1) is 16.2. The molecule has 2 aliphatic rings. The summed E-state index contributed by atoms with van der Waals surface area (Å²) in [4.78, 5) is 17.0. The maximum absolute atomic E-state index is 12.4. The van der Waals surface area contributed by atoms with Gasteiger partial charge in [-0.05, 0) is 29.8 Å². The van der Waals surface area contributed by atoms with Crippen LogP contribution in [0.15, 0.2) is 36.5 Å². The summed E-state index contributed by atoms with van der Waals surface area (Å²) >= 11 is 0. The van der Waals surface area contributed by atoms with Crippen molar-refractivity contribution in [2.75, 3.05) is 39.5 Å². The number of carbonyl (C=O) groups excluding carboxylic acids is 1. The number of fused-ring (bicyclic) bond motifs is 1. The number of aryl methyl sites for hydroxylation is 1. The molecular formula is C19H23N3O3. The van der Waals surface area contributed by atoms with E-state index in [1.807, 2.05) is 36.0 Å². The van der Waals surface area contributed by atoms with Gasteiger partial charge in [0.15, 0.2) is 17.3 Å². The molecule has 0 unspecified atom stereocenters. The first-order chi connectivity index (χ1) is 12.2. The molecule has 0 amide bonds. The van der Waals surface area contributed by atoms with Gasteiger partial charge in [-0.15, -0.1) is 0 Å². The summed E-state index contributed by atoms with van der Waals surface area (Å²) in [7, 11) is 1.91. The molecule has 1 saturated heterocycles. The van der Waals surface area contributed by atoms with Gasteiger partial charge in [-0.3, -0.25) is 14.6 Å². The van der Waals surface area contributed by atoms with Crippen LogP contribution in [0.25, 0.3) is 0 Å². The van der Waals surface area contributed by atoms with E-state index in [2.05, 4.69) is 21.9 Å². The van der Waals surface area contributed by atoms with Gasteiger partial charge in [-0.1, -0.05) is 6.07 Å². The molecule has 3 heterocycles. The Hall–Kier alpha value is -2.31. The molecule has 25 heavy (non-hydrogen) atoms. The fourth-order valence-electron chi connectivity index (χ4n) is 3.44. The van der Waals surface area contributed by atoms with E-state index in [1.165, 1.54) is 5.56 Å². The van der Waals surface area contributed by atoms with Gasteiger partial charge >= 0.3 is 0 Å². The molecule has 0 bridgehead atoms. The van der Waals surface area contributed by atoms with Gasteiger partial charge in [0, 0.05) is 46.0 Å². The highest BCUT2D eigenvalue weighted by Crippen LogP contribution is 2.32. The first-order valence-corrected chi connectivity index (χ1v) is 8.67. The summed E-state index contributed by atoms with van der Waals surface area (Å²) < 4.78 is 12.7. The number of ketones is 1. The molecule has 0 spiro atoms. The van der Waals surface area contributed by atoms with E-state index >= 15 is 0 Å². The average molecular weight is 341 g/mol. The minimum absolute atomic E-state index is 0.191. The fraction of sp³-hybridized carbons (Fsp3) is 0.421. The number of piperazine rings is 1. The highest BCUT2D eigenvalue weighted by molar-refractivity contribution is 5.96. The second kappa shape index (κ2) is 6.90. The Morgan fingerprint density at radius 1 is 1.04 bits per heavy atom. The highest BCUT2D eigenvalue weighted by atomic mass is 16.7. The second-order valence-electron chi connectivity index (χ2n) is 6.67. The van der Waals surface area contributed by atoms with Gasteiger partial charge in [-0.2, -0.15) is 0 Å². The van der Waals surface area contributed by atoms with Crippen molar-refractivity contribution in [2.45, 2.75) is 6.54 Å². The molecule has 6 heteroatoms. The number of rotatable bonds is 5. The van der Waals surface area contributed by atoms with Gasteiger partial charge in [-0.25, -0.2) is 0 Å². The predicted octanol–water partition coefficient (Wildman–Crippen LogP) is 1.75. The third kappa shape index (κ3) is 3.55. The molecule has 4 rings (SSSR count). The maximum Gasteiger partial charge on any atom is 0.231 e. The van der Waals surface area contributed by atoms with Gasteiger partial charge in [0.2, 0.25) is 6.79 Å². The lowest BCUT2D eigenvalue weighted by Crippen LogP contribution is -2.47. The zero-order chi connectivity index (χ0) is 17.2. The zero-order valence-electron chi connectivity index (χ0n) is 14.5. The summed E-state index contributed by atoms with van der Waals surface area (Å²) in [6.45, 7) is 5.48. The fourth-order valence-corrected chi connectivity index (χ4v) is 3.44. The number of hydrogen-bond acceptors (Lipinski definition) is 5. The van der Waals surface area contributed by atoms with Crippen LogP contribution < -0.4 is 9.47 Å². The summed E-state index contributed by atoms with van der Waals surface area (Å²) in [5.74, 6) is 1.86. The van der Waals surface area contributed by atoms with Crippen molar-refractivity contribution in [2.24, 2.45) is 7.05 Å². The molecule has 1 aromatic carbocycles. The normalized spacial score (nSPS) is 17.8. The van der Waals surface area contributed by atoms with E-state index in [0.717, 1.165) is 49.9 Å². The Morgan fingerprint density at radius 2 is 1.80 bits per heavy atom. The molecule has 0 saturated carbocycles. The molecule has 0 aliphatic carbocycles. The molecule has 0 N–H and O–H groups in total. The van der Waals surface area contributed by atoms with E-state index in [-0.39, 0.29) is 5.78 Å². The van der Waals surface area contributed by atoms with E-state index in [4.69, 9.17) is 9.47 Å². The summed E-state index contributed by atoms with van der Waals surface area (Å²) in [5.41, 5.74) is 2.01. The number of benzene rings is 1. The summed E-state index contributed by atoms with van der Waals surface area (Å²) in [6, 6.07) is 9.94. The Labute approximate surface area is 147 Å². The van der Waals surface area contributed by atoms with Gasteiger partial charge in [0.25, 0.3) is 0 Å². The molecule has 0 atom stereocenters. The van der Waals surface area contributed by atoms with Crippen LogP contribution in [0, 0.1) is 0 Å². The number of Topliss-reactive ketones (excluding diaryl/α,β-unsaturated/α-hetero) is 1. The number of carbonyl (C=O) groups is 1.